The molecule has 0 aliphatic carbocycles. The van der Waals surface area contributed by atoms with Crippen molar-refractivity contribution in [1.29, 1.82) is 0 Å². The van der Waals surface area contributed by atoms with Gasteiger partial charge in [0.05, 0.1) is 12.0 Å². The van der Waals surface area contributed by atoms with Gasteiger partial charge in [-0.25, -0.2) is 9.97 Å². The summed E-state index contributed by atoms with van der Waals surface area (Å²) in [6, 6.07) is -0.0105. The van der Waals surface area contributed by atoms with E-state index in [2.05, 4.69) is 9.97 Å². The lowest BCUT2D eigenvalue weighted by atomic mass is 10.3. The molecule has 1 atom stereocenters. The summed E-state index contributed by atoms with van der Waals surface area (Å²) in [7, 11) is 1.94. The van der Waals surface area contributed by atoms with Crippen molar-refractivity contribution in [2.75, 3.05) is 0 Å². The van der Waals surface area contributed by atoms with E-state index in [-0.39, 0.29) is 6.04 Å². The minimum atomic E-state index is -0.0105. The highest BCUT2D eigenvalue weighted by atomic mass is 32.1. The van der Waals surface area contributed by atoms with E-state index >= 15 is 0 Å². The Bertz CT molecular complexity index is 429. The Morgan fingerprint density at radius 2 is 2.36 bits per heavy atom. The predicted molar refractivity (Wildman–Crippen MR) is 56.9 cm³/mol. The molecule has 0 aliphatic heterocycles. The highest BCUT2D eigenvalue weighted by molar-refractivity contribution is 7.13. The van der Waals surface area contributed by atoms with Crippen molar-refractivity contribution < 1.29 is 0 Å². The van der Waals surface area contributed by atoms with Crippen molar-refractivity contribution in [3.63, 3.8) is 0 Å². The lowest BCUT2D eigenvalue weighted by Crippen LogP contribution is -2.04. The molecule has 2 aromatic heterocycles. The highest BCUT2D eigenvalue weighted by Gasteiger charge is 2.09. The van der Waals surface area contributed by atoms with Gasteiger partial charge in [-0.1, -0.05) is 0 Å². The third kappa shape index (κ3) is 1.69. The van der Waals surface area contributed by atoms with Crippen LogP contribution in [0, 0.1) is 0 Å². The monoisotopic (exact) mass is 208 g/mol. The molecule has 0 radical (unpaired) electrons. The molecule has 0 aliphatic rings. The van der Waals surface area contributed by atoms with E-state index < -0.39 is 0 Å². The SMILES string of the molecule is CC(N)c1csc(-c2cn(C)cn2)n1. The van der Waals surface area contributed by atoms with Crippen LogP contribution in [0.1, 0.15) is 18.7 Å². The molecule has 2 N–H and O–H groups in total. The number of hydrogen-bond donors (Lipinski definition) is 1. The van der Waals surface area contributed by atoms with Crippen molar-refractivity contribution >= 4 is 11.3 Å². The molecule has 2 aromatic rings. The van der Waals surface area contributed by atoms with Crippen LogP contribution in [0.3, 0.4) is 0 Å². The van der Waals surface area contributed by atoms with E-state index in [0.29, 0.717) is 0 Å². The van der Waals surface area contributed by atoms with Crippen LogP contribution in [0.5, 0.6) is 0 Å². The summed E-state index contributed by atoms with van der Waals surface area (Å²) in [6.45, 7) is 1.93. The van der Waals surface area contributed by atoms with Crippen molar-refractivity contribution in [2.45, 2.75) is 13.0 Å². The maximum absolute atomic E-state index is 5.73. The molecule has 4 nitrogen and oxygen atoms in total. The maximum atomic E-state index is 5.73. The van der Waals surface area contributed by atoms with Crippen LogP contribution in [-0.2, 0) is 7.05 Å². The van der Waals surface area contributed by atoms with Gasteiger partial charge in [-0.05, 0) is 6.92 Å². The molecule has 0 spiro atoms. The van der Waals surface area contributed by atoms with Gasteiger partial charge in [0.1, 0.15) is 10.7 Å². The normalized spacial score (nSPS) is 13.1. The van der Waals surface area contributed by atoms with Gasteiger partial charge in [-0.3, -0.25) is 0 Å². The average molecular weight is 208 g/mol. The lowest BCUT2D eigenvalue weighted by molar-refractivity contribution is 0.790. The number of nitrogens with zero attached hydrogens (tertiary/aromatic N) is 3. The standard InChI is InChI=1S/C9H12N4S/c1-6(10)8-4-14-9(12-8)7-3-13(2)5-11-7/h3-6H,10H2,1-2H3. The van der Waals surface area contributed by atoms with E-state index in [1.807, 2.05) is 30.1 Å². The maximum Gasteiger partial charge on any atom is 0.143 e. The molecule has 5 heteroatoms. The average Bonchev–Trinajstić information content (AvgIpc) is 2.70. The molecule has 0 fully saturated rings. The van der Waals surface area contributed by atoms with Crippen LogP contribution in [0.25, 0.3) is 10.7 Å². The predicted octanol–water partition coefficient (Wildman–Crippen LogP) is 1.56. The Labute approximate surface area is 86.4 Å². The molecule has 74 valence electrons. The summed E-state index contributed by atoms with van der Waals surface area (Å²) >= 11 is 1.58. The molecule has 1 unspecified atom stereocenters. The summed E-state index contributed by atoms with van der Waals surface area (Å²) in [4.78, 5) is 8.64. The molecule has 2 heterocycles. The molecule has 14 heavy (non-hydrogen) atoms. The van der Waals surface area contributed by atoms with E-state index in [0.717, 1.165) is 16.4 Å². The lowest BCUT2D eigenvalue weighted by Gasteiger charge is -1.96. The summed E-state index contributed by atoms with van der Waals surface area (Å²) in [5.74, 6) is 0. The molecular formula is C9H12N4S. The Morgan fingerprint density at radius 3 is 2.86 bits per heavy atom. The Morgan fingerprint density at radius 1 is 1.57 bits per heavy atom. The van der Waals surface area contributed by atoms with Gasteiger partial charge in [0.25, 0.3) is 0 Å². The van der Waals surface area contributed by atoms with Crippen molar-refractivity contribution in [2.24, 2.45) is 12.8 Å². The number of nitrogens with two attached hydrogens (primary N) is 1. The Balaban J connectivity index is 2.33. The number of imidazole rings is 1. The molecule has 2 rings (SSSR count). The third-order valence-electron chi connectivity index (χ3n) is 1.91. The molecule has 0 aromatic carbocycles. The highest BCUT2D eigenvalue weighted by Crippen LogP contribution is 2.23. The first-order valence-electron chi connectivity index (χ1n) is 4.36. The topological polar surface area (TPSA) is 56.7 Å². The number of thiazole rings is 1. The fourth-order valence-corrected chi connectivity index (χ4v) is 2.02. The van der Waals surface area contributed by atoms with Gasteiger partial charge < -0.3 is 10.3 Å². The second-order valence-corrected chi connectivity index (χ2v) is 4.15. The van der Waals surface area contributed by atoms with Crippen LogP contribution in [0.4, 0.5) is 0 Å². The molecule has 0 saturated carbocycles. The molecule has 0 amide bonds. The van der Waals surface area contributed by atoms with Crippen molar-refractivity contribution in [1.82, 2.24) is 14.5 Å². The summed E-state index contributed by atoms with van der Waals surface area (Å²) in [5, 5.41) is 2.91. The van der Waals surface area contributed by atoms with Crippen LogP contribution in [0.15, 0.2) is 17.9 Å². The zero-order chi connectivity index (χ0) is 10.1. The van der Waals surface area contributed by atoms with Gasteiger partial charge in [-0.15, -0.1) is 11.3 Å². The van der Waals surface area contributed by atoms with Gasteiger partial charge in [-0.2, -0.15) is 0 Å². The van der Waals surface area contributed by atoms with Crippen LogP contribution >= 0.6 is 11.3 Å². The zero-order valence-electron chi connectivity index (χ0n) is 8.14. The largest absolute Gasteiger partial charge is 0.340 e. The number of aryl methyl sites for hydroxylation is 1. The second kappa shape index (κ2) is 3.51. The first kappa shape index (κ1) is 9.36. The fourth-order valence-electron chi connectivity index (χ4n) is 1.14. The third-order valence-corrected chi connectivity index (χ3v) is 2.80. The fraction of sp³-hybridized carbons (Fsp3) is 0.333. The number of aromatic nitrogens is 3. The summed E-state index contributed by atoms with van der Waals surface area (Å²) in [6.07, 6.45) is 3.71. The minimum absolute atomic E-state index is 0.0105. The van der Waals surface area contributed by atoms with E-state index in [1.165, 1.54) is 0 Å². The second-order valence-electron chi connectivity index (χ2n) is 3.29. The summed E-state index contributed by atoms with van der Waals surface area (Å²) < 4.78 is 1.91. The van der Waals surface area contributed by atoms with E-state index in [4.69, 9.17) is 5.73 Å². The zero-order valence-corrected chi connectivity index (χ0v) is 8.95. The molecular weight excluding hydrogens is 196 g/mol. The number of hydrogen-bond acceptors (Lipinski definition) is 4. The van der Waals surface area contributed by atoms with Gasteiger partial charge >= 0.3 is 0 Å². The molecule has 0 saturated heterocycles. The van der Waals surface area contributed by atoms with Crippen LogP contribution < -0.4 is 5.73 Å². The number of rotatable bonds is 2. The summed E-state index contributed by atoms with van der Waals surface area (Å²) in [5.41, 5.74) is 7.56. The van der Waals surface area contributed by atoms with Crippen LogP contribution in [-0.4, -0.2) is 14.5 Å². The van der Waals surface area contributed by atoms with Gasteiger partial charge in [0.2, 0.25) is 0 Å². The Kier molecular flexibility index (Phi) is 2.35. The van der Waals surface area contributed by atoms with Crippen LogP contribution in [0.2, 0.25) is 0 Å². The van der Waals surface area contributed by atoms with Crippen molar-refractivity contribution in [3.05, 3.63) is 23.6 Å². The van der Waals surface area contributed by atoms with E-state index in [1.54, 1.807) is 17.7 Å². The minimum Gasteiger partial charge on any atom is -0.340 e. The first-order valence-corrected chi connectivity index (χ1v) is 5.24. The Hall–Kier alpha value is -1.20. The smallest absolute Gasteiger partial charge is 0.143 e. The van der Waals surface area contributed by atoms with Crippen molar-refractivity contribution in [3.8, 4) is 10.7 Å². The first-order chi connectivity index (χ1) is 6.66. The van der Waals surface area contributed by atoms with Gasteiger partial charge in [0.15, 0.2) is 0 Å². The molecule has 0 bridgehead atoms. The van der Waals surface area contributed by atoms with E-state index in [9.17, 15) is 0 Å². The van der Waals surface area contributed by atoms with Gasteiger partial charge in [0, 0.05) is 24.7 Å². The quantitative estimate of drug-likeness (QED) is 0.815.